The molecule has 2 rings (SSSR count). The molecule has 0 saturated carbocycles. The molecule has 0 atom stereocenters. The van der Waals surface area contributed by atoms with Crippen LogP contribution in [0.1, 0.15) is 6.92 Å². The van der Waals surface area contributed by atoms with Gasteiger partial charge < -0.3 is 9.72 Å². The van der Waals surface area contributed by atoms with E-state index in [9.17, 15) is 0 Å². The normalized spacial score (nSPS) is 10.1. The van der Waals surface area contributed by atoms with Crippen molar-refractivity contribution in [1.82, 2.24) is 15.0 Å². The molecule has 82 valence electrons. The zero-order valence-electron chi connectivity index (χ0n) is 8.80. The Hall–Kier alpha value is -1.75. The lowest BCUT2D eigenvalue weighted by Gasteiger charge is -2.05. The van der Waals surface area contributed by atoms with Gasteiger partial charge in [-0.25, -0.2) is 4.98 Å². The zero-order chi connectivity index (χ0) is 11.4. The molecule has 0 aliphatic carbocycles. The lowest BCUT2D eigenvalue weighted by Crippen LogP contribution is -1.93. The van der Waals surface area contributed by atoms with Gasteiger partial charge in [-0.1, -0.05) is 12.2 Å². The topological polar surface area (TPSA) is 50.8 Å². The van der Waals surface area contributed by atoms with Gasteiger partial charge in [-0.3, -0.25) is 4.98 Å². The Morgan fingerprint density at radius 3 is 2.94 bits per heavy atom. The van der Waals surface area contributed by atoms with Crippen molar-refractivity contribution in [1.29, 1.82) is 0 Å². The third-order valence-corrected chi connectivity index (χ3v) is 2.39. The van der Waals surface area contributed by atoms with Crippen LogP contribution in [-0.2, 0) is 0 Å². The fourth-order valence-electron chi connectivity index (χ4n) is 1.36. The maximum absolute atomic E-state index is 5.38. The number of ether oxygens (including phenoxy) is 1. The molecule has 0 spiro atoms. The molecule has 0 aliphatic rings. The van der Waals surface area contributed by atoms with Crippen molar-refractivity contribution in [2.75, 3.05) is 6.61 Å². The van der Waals surface area contributed by atoms with Crippen molar-refractivity contribution in [2.24, 2.45) is 0 Å². The van der Waals surface area contributed by atoms with E-state index in [1.54, 1.807) is 24.9 Å². The van der Waals surface area contributed by atoms with Crippen LogP contribution in [-0.4, -0.2) is 21.6 Å². The number of nitrogens with zero attached hydrogens (tertiary/aromatic N) is 2. The second-order valence-corrected chi connectivity index (χ2v) is 3.54. The van der Waals surface area contributed by atoms with Crippen LogP contribution in [0.25, 0.3) is 11.1 Å². The van der Waals surface area contributed by atoms with E-state index in [-0.39, 0.29) is 0 Å². The molecular weight excluding hydrogens is 222 g/mol. The molecule has 1 N–H and O–H groups in total. The van der Waals surface area contributed by atoms with Gasteiger partial charge in [-0.05, 0) is 13.0 Å². The second-order valence-electron chi connectivity index (χ2n) is 3.14. The summed E-state index contributed by atoms with van der Waals surface area (Å²) < 4.78 is 6.02. The van der Waals surface area contributed by atoms with Crippen LogP contribution in [0.4, 0.5) is 0 Å². The number of nitrogens with one attached hydrogen (secondary N) is 1. The molecule has 0 saturated heterocycles. The summed E-state index contributed by atoms with van der Waals surface area (Å²) in [5.41, 5.74) is 1.76. The van der Waals surface area contributed by atoms with Crippen molar-refractivity contribution in [3.63, 3.8) is 0 Å². The van der Waals surface area contributed by atoms with Gasteiger partial charge in [0.15, 0.2) is 0 Å². The van der Waals surface area contributed by atoms with Crippen molar-refractivity contribution in [3.8, 4) is 16.9 Å². The molecule has 2 aromatic heterocycles. The number of aromatic amines is 1. The standard InChI is InChI=1S/C11H11N3OS/c1-2-15-9-3-8(4-12-5-9)10-6-13-7-14-11(10)16/h3-7H,2H2,1H3,(H,13,14,16). The monoisotopic (exact) mass is 233 g/mol. The van der Waals surface area contributed by atoms with Crippen molar-refractivity contribution in [2.45, 2.75) is 6.92 Å². The molecule has 2 aromatic rings. The number of aromatic nitrogens is 3. The second kappa shape index (κ2) is 4.85. The first-order valence-corrected chi connectivity index (χ1v) is 5.33. The average Bonchev–Trinajstić information content (AvgIpc) is 2.30. The van der Waals surface area contributed by atoms with Crippen LogP contribution >= 0.6 is 12.2 Å². The van der Waals surface area contributed by atoms with Crippen LogP contribution in [0.2, 0.25) is 0 Å². The van der Waals surface area contributed by atoms with Crippen molar-refractivity contribution >= 4 is 12.2 Å². The Bertz CT molecular complexity index is 539. The number of hydrogen-bond acceptors (Lipinski definition) is 4. The average molecular weight is 233 g/mol. The van der Waals surface area contributed by atoms with E-state index in [1.807, 2.05) is 13.0 Å². The van der Waals surface area contributed by atoms with Gasteiger partial charge in [0, 0.05) is 23.5 Å². The number of H-pyrrole nitrogens is 1. The first-order chi connectivity index (χ1) is 7.81. The van der Waals surface area contributed by atoms with Gasteiger partial charge in [-0.2, -0.15) is 0 Å². The van der Waals surface area contributed by atoms with Crippen LogP contribution in [0.3, 0.4) is 0 Å². The lowest BCUT2D eigenvalue weighted by atomic mass is 10.1. The van der Waals surface area contributed by atoms with E-state index in [4.69, 9.17) is 17.0 Å². The molecule has 0 fully saturated rings. The smallest absolute Gasteiger partial charge is 0.138 e. The Morgan fingerprint density at radius 2 is 2.19 bits per heavy atom. The Morgan fingerprint density at radius 1 is 1.31 bits per heavy atom. The zero-order valence-corrected chi connectivity index (χ0v) is 9.62. The predicted molar refractivity (Wildman–Crippen MR) is 63.8 cm³/mol. The van der Waals surface area contributed by atoms with Gasteiger partial charge in [0.05, 0.1) is 19.1 Å². The minimum atomic E-state index is 0.616. The fraction of sp³-hybridized carbons (Fsp3) is 0.182. The van der Waals surface area contributed by atoms with Crippen molar-refractivity contribution < 1.29 is 4.74 Å². The van der Waals surface area contributed by atoms with Gasteiger partial charge >= 0.3 is 0 Å². The first kappa shape index (κ1) is 10.8. The molecule has 0 unspecified atom stereocenters. The summed E-state index contributed by atoms with van der Waals surface area (Å²) in [5.74, 6) is 0.734. The quantitative estimate of drug-likeness (QED) is 0.828. The molecule has 0 aliphatic heterocycles. The Balaban J connectivity index is 2.45. The highest BCUT2D eigenvalue weighted by Crippen LogP contribution is 2.21. The van der Waals surface area contributed by atoms with E-state index in [0.717, 1.165) is 16.9 Å². The summed E-state index contributed by atoms with van der Waals surface area (Å²) in [6, 6.07) is 1.90. The maximum atomic E-state index is 5.38. The highest BCUT2D eigenvalue weighted by molar-refractivity contribution is 7.71. The largest absolute Gasteiger partial charge is 0.492 e. The van der Waals surface area contributed by atoms with Crippen LogP contribution in [0.15, 0.2) is 31.0 Å². The molecule has 0 radical (unpaired) electrons. The Labute approximate surface area is 98.3 Å². The SMILES string of the molecule is CCOc1cncc(-c2cnc[nH]c2=S)c1. The van der Waals surface area contributed by atoms with E-state index < -0.39 is 0 Å². The summed E-state index contributed by atoms with van der Waals surface area (Å²) in [6.07, 6.45) is 6.69. The van der Waals surface area contributed by atoms with Crippen LogP contribution < -0.4 is 4.74 Å². The number of rotatable bonds is 3. The van der Waals surface area contributed by atoms with Gasteiger partial charge in [0.25, 0.3) is 0 Å². The summed E-state index contributed by atoms with van der Waals surface area (Å²) in [5, 5.41) is 0. The molecule has 0 aromatic carbocycles. The van der Waals surface area contributed by atoms with Gasteiger partial charge in [0.1, 0.15) is 10.4 Å². The van der Waals surface area contributed by atoms with Crippen molar-refractivity contribution in [3.05, 3.63) is 35.6 Å². The highest BCUT2D eigenvalue weighted by atomic mass is 32.1. The minimum absolute atomic E-state index is 0.616. The van der Waals surface area contributed by atoms with Crippen LogP contribution in [0, 0.1) is 4.64 Å². The summed E-state index contributed by atoms with van der Waals surface area (Å²) in [6.45, 7) is 2.55. The fourth-order valence-corrected chi connectivity index (χ4v) is 1.58. The van der Waals surface area contributed by atoms with Gasteiger partial charge in [-0.15, -0.1) is 0 Å². The highest BCUT2D eigenvalue weighted by Gasteiger charge is 2.02. The number of hydrogen-bond donors (Lipinski definition) is 1. The number of pyridine rings is 1. The predicted octanol–water partition coefficient (Wildman–Crippen LogP) is 2.60. The minimum Gasteiger partial charge on any atom is -0.492 e. The molecule has 0 bridgehead atoms. The first-order valence-electron chi connectivity index (χ1n) is 4.92. The molecule has 16 heavy (non-hydrogen) atoms. The van der Waals surface area contributed by atoms with E-state index in [1.165, 1.54) is 0 Å². The molecule has 5 heteroatoms. The molecular formula is C11H11N3OS. The molecule has 0 amide bonds. The summed E-state index contributed by atoms with van der Waals surface area (Å²) in [7, 11) is 0. The van der Waals surface area contributed by atoms with E-state index in [2.05, 4.69) is 15.0 Å². The maximum Gasteiger partial charge on any atom is 0.138 e. The lowest BCUT2D eigenvalue weighted by molar-refractivity contribution is 0.339. The third-order valence-electron chi connectivity index (χ3n) is 2.05. The van der Waals surface area contributed by atoms with E-state index >= 15 is 0 Å². The molecule has 2 heterocycles. The van der Waals surface area contributed by atoms with Crippen LogP contribution in [0.5, 0.6) is 5.75 Å². The van der Waals surface area contributed by atoms with Gasteiger partial charge in [0.2, 0.25) is 0 Å². The van der Waals surface area contributed by atoms with E-state index in [0.29, 0.717) is 11.2 Å². The summed E-state index contributed by atoms with van der Waals surface area (Å²) >= 11 is 5.18. The molecule has 4 nitrogen and oxygen atoms in total. The summed E-state index contributed by atoms with van der Waals surface area (Å²) in [4.78, 5) is 11.0. The third kappa shape index (κ3) is 2.25. The Kier molecular flexibility index (Phi) is 3.26.